The second-order valence-corrected chi connectivity index (χ2v) is 5.95. The summed E-state index contributed by atoms with van der Waals surface area (Å²) in [6, 6.07) is 3.90. The third kappa shape index (κ3) is 3.58. The van der Waals surface area contributed by atoms with Gasteiger partial charge in [0.25, 0.3) is 0 Å². The van der Waals surface area contributed by atoms with Crippen molar-refractivity contribution in [3.05, 3.63) is 18.5 Å². The molecule has 0 saturated carbocycles. The van der Waals surface area contributed by atoms with Crippen molar-refractivity contribution in [1.29, 1.82) is 0 Å². The Bertz CT molecular complexity index is 665. The zero-order chi connectivity index (χ0) is 16.2. The highest BCUT2D eigenvalue weighted by molar-refractivity contribution is 5.79. The maximum Gasteiger partial charge on any atom is 0.223 e. The van der Waals surface area contributed by atoms with E-state index < -0.39 is 0 Å². The normalized spacial score (nSPS) is 17.4. The molecule has 0 bridgehead atoms. The minimum atomic E-state index is 0.0448. The zero-order valence-corrected chi connectivity index (χ0v) is 13.5. The van der Waals surface area contributed by atoms with E-state index in [9.17, 15) is 4.79 Å². The van der Waals surface area contributed by atoms with Crippen LogP contribution in [0.25, 0.3) is 5.65 Å². The van der Waals surface area contributed by atoms with Crippen LogP contribution in [0.2, 0.25) is 0 Å². The Morgan fingerprint density at radius 2 is 2.22 bits per heavy atom. The van der Waals surface area contributed by atoms with Gasteiger partial charge in [-0.2, -0.15) is 4.52 Å². The molecule has 23 heavy (non-hydrogen) atoms. The Kier molecular flexibility index (Phi) is 4.71. The van der Waals surface area contributed by atoms with E-state index in [0.29, 0.717) is 6.61 Å². The molecule has 0 radical (unpaired) electrons. The number of carbonyl (C=O) groups excluding carboxylic acids is 1. The lowest BCUT2D eigenvalue weighted by Crippen LogP contribution is -2.44. The fraction of sp³-hybridized carbons (Fsp3) is 0.600. The number of aromatic nitrogens is 4. The van der Waals surface area contributed by atoms with Crippen molar-refractivity contribution in [2.24, 2.45) is 5.92 Å². The highest BCUT2D eigenvalue weighted by atomic mass is 16.5. The molecule has 3 rings (SSSR count). The van der Waals surface area contributed by atoms with E-state index in [1.54, 1.807) is 18.0 Å². The predicted molar refractivity (Wildman–Crippen MR) is 85.2 cm³/mol. The number of fused-ring (bicyclic) bond motifs is 1. The van der Waals surface area contributed by atoms with Crippen molar-refractivity contribution in [3.63, 3.8) is 0 Å². The molecule has 1 N–H and O–H groups in total. The maximum absolute atomic E-state index is 12.2. The van der Waals surface area contributed by atoms with Gasteiger partial charge in [-0.15, -0.1) is 15.3 Å². The molecule has 8 nitrogen and oxygen atoms in total. The number of nitrogens with zero attached hydrogens (tertiary/aromatic N) is 5. The maximum atomic E-state index is 12.2. The first-order valence-corrected chi connectivity index (χ1v) is 7.88. The van der Waals surface area contributed by atoms with E-state index in [-0.39, 0.29) is 17.9 Å². The average molecular weight is 318 g/mol. The molecule has 2 aromatic heterocycles. The van der Waals surface area contributed by atoms with Gasteiger partial charge in [-0.05, 0) is 31.9 Å². The van der Waals surface area contributed by atoms with Gasteiger partial charge in [-0.3, -0.25) is 4.79 Å². The zero-order valence-electron chi connectivity index (χ0n) is 13.5. The summed E-state index contributed by atoms with van der Waals surface area (Å²) in [6.45, 7) is 4.12. The summed E-state index contributed by atoms with van der Waals surface area (Å²) in [4.78, 5) is 14.4. The van der Waals surface area contributed by atoms with Crippen LogP contribution in [0.4, 0.5) is 5.82 Å². The molecular formula is C15H22N6O2. The first kappa shape index (κ1) is 15.7. The minimum Gasteiger partial charge on any atom is -0.383 e. The van der Waals surface area contributed by atoms with Gasteiger partial charge in [0.05, 0.1) is 6.61 Å². The fourth-order valence-corrected chi connectivity index (χ4v) is 2.91. The number of piperidine rings is 1. The van der Waals surface area contributed by atoms with Crippen molar-refractivity contribution >= 4 is 17.4 Å². The Hall–Kier alpha value is -2.22. The number of anilines is 1. The lowest BCUT2D eigenvalue weighted by molar-refractivity contribution is -0.126. The Labute approximate surface area is 134 Å². The van der Waals surface area contributed by atoms with Gasteiger partial charge in [-0.1, -0.05) is 0 Å². The molecule has 0 aromatic carbocycles. The van der Waals surface area contributed by atoms with Crippen molar-refractivity contribution in [2.75, 3.05) is 31.7 Å². The number of amides is 1. The van der Waals surface area contributed by atoms with Crippen LogP contribution in [-0.4, -0.2) is 58.6 Å². The number of nitrogens with one attached hydrogen (secondary N) is 1. The number of carbonyl (C=O) groups is 1. The van der Waals surface area contributed by atoms with E-state index in [4.69, 9.17) is 4.74 Å². The summed E-state index contributed by atoms with van der Waals surface area (Å²) in [6.07, 6.45) is 3.25. The van der Waals surface area contributed by atoms with Crippen LogP contribution in [0, 0.1) is 5.92 Å². The molecule has 1 saturated heterocycles. The predicted octanol–water partition coefficient (Wildman–Crippen LogP) is 0.492. The Morgan fingerprint density at radius 1 is 1.43 bits per heavy atom. The molecule has 0 aliphatic carbocycles. The number of ether oxygens (including phenoxy) is 1. The van der Waals surface area contributed by atoms with Gasteiger partial charge in [0.15, 0.2) is 5.65 Å². The van der Waals surface area contributed by atoms with E-state index in [2.05, 4.69) is 25.5 Å². The van der Waals surface area contributed by atoms with Crippen LogP contribution in [0.15, 0.2) is 18.5 Å². The quantitative estimate of drug-likeness (QED) is 0.864. The number of hydrogen-bond donors (Lipinski definition) is 1. The standard InChI is InChI=1S/C15H22N6O2/c1-11(9-23-2)17-15(22)12-5-7-20(8-6-12)14-4-3-13-18-16-10-21(13)19-14/h3-4,10-12H,5-9H2,1-2H3,(H,17,22). The van der Waals surface area contributed by atoms with Gasteiger partial charge < -0.3 is 15.0 Å². The number of rotatable bonds is 5. The highest BCUT2D eigenvalue weighted by Gasteiger charge is 2.26. The molecule has 124 valence electrons. The molecule has 3 heterocycles. The van der Waals surface area contributed by atoms with Gasteiger partial charge in [0.1, 0.15) is 12.1 Å². The second-order valence-electron chi connectivity index (χ2n) is 5.95. The van der Waals surface area contributed by atoms with Gasteiger partial charge in [0.2, 0.25) is 5.91 Å². The summed E-state index contributed by atoms with van der Waals surface area (Å²) in [5.74, 6) is 1.07. The average Bonchev–Trinajstić information content (AvgIpc) is 3.02. The minimum absolute atomic E-state index is 0.0448. The van der Waals surface area contributed by atoms with E-state index in [1.165, 1.54) is 0 Å². The molecule has 1 aliphatic heterocycles. The SMILES string of the molecule is COCC(C)NC(=O)C1CCN(c2ccc3nncn3n2)CC1. The summed E-state index contributed by atoms with van der Waals surface area (Å²) in [7, 11) is 1.64. The molecule has 1 aliphatic rings. The summed E-state index contributed by atoms with van der Waals surface area (Å²) in [5, 5.41) is 15.3. The van der Waals surface area contributed by atoms with Crippen LogP contribution in [0.5, 0.6) is 0 Å². The monoisotopic (exact) mass is 318 g/mol. The topological polar surface area (TPSA) is 84.6 Å². The molecule has 2 aromatic rings. The van der Waals surface area contributed by atoms with Gasteiger partial charge in [0, 0.05) is 32.2 Å². The molecule has 0 spiro atoms. The van der Waals surface area contributed by atoms with Crippen molar-refractivity contribution < 1.29 is 9.53 Å². The Balaban J connectivity index is 1.56. The van der Waals surface area contributed by atoms with Crippen LogP contribution in [0.1, 0.15) is 19.8 Å². The molecule has 1 amide bonds. The van der Waals surface area contributed by atoms with E-state index in [0.717, 1.165) is 37.4 Å². The molecule has 1 fully saturated rings. The summed E-state index contributed by atoms with van der Waals surface area (Å²) < 4.78 is 6.72. The van der Waals surface area contributed by atoms with Crippen molar-refractivity contribution in [3.8, 4) is 0 Å². The molecule has 1 unspecified atom stereocenters. The summed E-state index contributed by atoms with van der Waals surface area (Å²) in [5.41, 5.74) is 0.732. The smallest absolute Gasteiger partial charge is 0.223 e. The van der Waals surface area contributed by atoms with Crippen LogP contribution in [0.3, 0.4) is 0 Å². The van der Waals surface area contributed by atoms with Crippen LogP contribution >= 0.6 is 0 Å². The third-order valence-corrected chi connectivity index (χ3v) is 4.14. The van der Waals surface area contributed by atoms with Crippen molar-refractivity contribution in [1.82, 2.24) is 25.1 Å². The molecule has 1 atom stereocenters. The number of hydrogen-bond acceptors (Lipinski definition) is 6. The van der Waals surface area contributed by atoms with E-state index >= 15 is 0 Å². The fourth-order valence-electron chi connectivity index (χ4n) is 2.91. The lowest BCUT2D eigenvalue weighted by Gasteiger charge is -2.32. The summed E-state index contributed by atoms with van der Waals surface area (Å²) >= 11 is 0. The van der Waals surface area contributed by atoms with Crippen LogP contribution < -0.4 is 10.2 Å². The Morgan fingerprint density at radius 3 is 2.96 bits per heavy atom. The largest absolute Gasteiger partial charge is 0.383 e. The third-order valence-electron chi connectivity index (χ3n) is 4.14. The lowest BCUT2D eigenvalue weighted by atomic mass is 9.95. The molecular weight excluding hydrogens is 296 g/mol. The van der Waals surface area contributed by atoms with Gasteiger partial charge in [-0.25, -0.2) is 0 Å². The number of methoxy groups -OCH3 is 1. The molecule has 8 heteroatoms. The second kappa shape index (κ2) is 6.91. The van der Waals surface area contributed by atoms with Crippen molar-refractivity contribution in [2.45, 2.75) is 25.8 Å². The highest BCUT2D eigenvalue weighted by Crippen LogP contribution is 2.22. The van der Waals surface area contributed by atoms with Crippen LogP contribution in [-0.2, 0) is 9.53 Å². The first-order chi connectivity index (χ1) is 11.2. The van der Waals surface area contributed by atoms with Gasteiger partial charge >= 0.3 is 0 Å². The first-order valence-electron chi connectivity index (χ1n) is 7.88. The van der Waals surface area contributed by atoms with E-state index in [1.807, 2.05) is 19.1 Å².